The SMILES string of the molecule is COc1cc(C(=O)Nc2ccc(C)cc2-c2ccc(Cl)cc2)cc(OC)c1OC. The molecular weight excluding hydrogens is 390 g/mol. The second-order valence-electron chi connectivity index (χ2n) is 6.42. The molecule has 0 aliphatic carbocycles. The van der Waals surface area contributed by atoms with Crippen molar-refractivity contribution < 1.29 is 19.0 Å². The molecule has 0 radical (unpaired) electrons. The largest absolute Gasteiger partial charge is 0.493 e. The Morgan fingerprint density at radius 2 is 1.48 bits per heavy atom. The van der Waals surface area contributed by atoms with Crippen molar-refractivity contribution in [3.63, 3.8) is 0 Å². The molecule has 1 amide bonds. The Balaban J connectivity index is 1.99. The molecule has 0 atom stereocenters. The maximum atomic E-state index is 13.0. The minimum Gasteiger partial charge on any atom is -0.493 e. The first-order valence-corrected chi connectivity index (χ1v) is 9.32. The second kappa shape index (κ2) is 8.88. The van der Waals surface area contributed by atoms with Crippen molar-refractivity contribution >= 4 is 23.2 Å². The first-order chi connectivity index (χ1) is 14.0. The van der Waals surface area contributed by atoms with Crippen LogP contribution in [0.2, 0.25) is 5.02 Å². The van der Waals surface area contributed by atoms with Crippen LogP contribution in [0.3, 0.4) is 0 Å². The Labute approximate surface area is 175 Å². The molecule has 0 spiro atoms. The van der Waals surface area contributed by atoms with E-state index in [4.69, 9.17) is 25.8 Å². The average Bonchev–Trinajstić information content (AvgIpc) is 2.74. The number of hydrogen-bond donors (Lipinski definition) is 1. The van der Waals surface area contributed by atoms with Gasteiger partial charge in [0, 0.05) is 21.8 Å². The summed E-state index contributed by atoms with van der Waals surface area (Å²) in [5, 5.41) is 3.64. The quantitative estimate of drug-likeness (QED) is 0.574. The van der Waals surface area contributed by atoms with Crippen LogP contribution >= 0.6 is 11.6 Å². The molecule has 0 fully saturated rings. The highest BCUT2D eigenvalue weighted by molar-refractivity contribution is 6.30. The summed E-state index contributed by atoms with van der Waals surface area (Å²) < 4.78 is 16.0. The van der Waals surface area contributed by atoms with Crippen molar-refractivity contribution in [1.82, 2.24) is 0 Å². The van der Waals surface area contributed by atoms with Crippen molar-refractivity contribution in [3.8, 4) is 28.4 Å². The molecule has 0 bridgehead atoms. The lowest BCUT2D eigenvalue weighted by atomic mass is 10.0. The normalized spacial score (nSPS) is 10.4. The predicted molar refractivity (Wildman–Crippen MR) is 116 cm³/mol. The number of methoxy groups -OCH3 is 3. The van der Waals surface area contributed by atoms with E-state index in [1.807, 2.05) is 49.4 Å². The number of rotatable bonds is 6. The highest BCUT2D eigenvalue weighted by Gasteiger charge is 2.18. The monoisotopic (exact) mass is 411 g/mol. The van der Waals surface area contributed by atoms with E-state index in [1.165, 1.54) is 21.3 Å². The molecule has 150 valence electrons. The van der Waals surface area contributed by atoms with E-state index in [2.05, 4.69) is 5.32 Å². The van der Waals surface area contributed by atoms with E-state index in [1.54, 1.807) is 12.1 Å². The standard InChI is InChI=1S/C23H22ClNO4/c1-14-5-10-19(18(11-14)15-6-8-17(24)9-7-15)25-23(26)16-12-20(27-2)22(29-4)21(13-16)28-3/h5-13H,1-4H3,(H,25,26). The first kappa shape index (κ1) is 20.6. The fourth-order valence-corrected chi connectivity index (χ4v) is 3.17. The number of halogens is 1. The van der Waals surface area contributed by atoms with E-state index in [0.29, 0.717) is 33.5 Å². The van der Waals surface area contributed by atoms with E-state index in [9.17, 15) is 4.79 Å². The van der Waals surface area contributed by atoms with E-state index >= 15 is 0 Å². The van der Waals surface area contributed by atoms with Crippen LogP contribution in [-0.2, 0) is 0 Å². The smallest absolute Gasteiger partial charge is 0.255 e. The third kappa shape index (κ3) is 4.46. The number of ether oxygens (including phenoxy) is 3. The Bertz CT molecular complexity index is 1010. The fraction of sp³-hybridized carbons (Fsp3) is 0.174. The van der Waals surface area contributed by atoms with E-state index in [-0.39, 0.29) is 5.91 Å². The van der Waals surface area contributed by atoms with E-state index < -0.39 is 0 Å². The number of anilines is 1. The molecule has 0 saturated carbocycles. The lowest BCUT2D eigenvalue weighted by Crippen LogP contribution is -2.13. The van der Waals surface area contributed by atoms with Crippen LogP contribution < -0.4 is 19.5 Å². The van der Waals surface area contributed by atoms with Crippen molar-refractivity contribution in [2.24, 2.45) is 0 Å². The first-order valence-electron chi connectivity index (χ1n) is 8.94. The summed E-state index contributed by atoms with van der Waals surface area (Å²) in [5.41, 5.74) is 4.03. The fourth-order valence-electron chi connectivity index (χ4n) is 3.04. The van der Waals surface area contributed by atoms with Crippen LogP contribution in [-0.4, -0.2) is 27.2 Å². The predicted octanol–water partition coefficient (Wildman–Crippen LogP) is 5.59. The molecule has 0 aliphatic heterocycles. The molecule has 3 aromatic carbocycles. The molecular formula is C23H22ClNO4. The third-order valence-corrected chi connectivity index (χ3v) is 4.76. The van der Waals surface area contributed by atoms with Gasteiger partial charge in [0.25, 0.3) is 5.91 Å². The van der Waals surface area contributed by atoms with Gasteiger partial charge in [0.1, 0.15) is 0 Å². The number of carbonyl (C=O) groups is 1. The zero-order valence-corrected chi connectivity index (χ0v) is 17.5. The number of aryl methyl sites for hydroxylation is 1. The minimum absolute atomic E-state index is 0.289. The molecule has 0 heterocycles. The molecule has 5 nitrogen and oxygen atoms in total. The third-order valence-electron chi connectivity index (χ3n) is 4.51. The highest BCUT2D eigenvalue weighted by Crippen LogP contribution is 2.38. The number of hydrogen-bond acceptors (Lipinski definition) is 4. The Kier molecular flexibility index (Phi) is 6.29. The molecule has 6 heteroatoms. The maximum Gasteiger partial charge on any atom is 0.255 e. The van der Waals surface area contributed by atoms with Gasteiger partial charge in [-0.25, -0.2) is 0 Å². The van der Waals surface area contributed by atoms with Crippen LogP contribution in [0.5, 0.6) is 17.2 Å². The van der Waals surface area contributed by atoms with Crippen LogP contribution in [0.1, 0.15) is 15.9 Å². The minimum atomic E-state index is -0.289. The molecule has 0 aliphatic rings. The molecule has 0 unspecified atom stereocenters. The summed E-state index contributed by atoms with van der Waals surface area (Å²) >= 11 is 6.01. The van der Waals surface area contributed by atoms with Crippen molar-refractivity contribution in [1.29, 1.82) is 0 Å². The molecule has 3 aromatic rings. The summed E-state index contributed by atoms with van der Waals surface area (Å²) in [6, 6.07) is 16.6. The number of amides is 1. The zero-order chi connectivity index (χ0) is 21.0. The lowest BCUT2D eigenvalue weighted by molar-refractivity contribution is 0.102. The van der Waals surface area contributed by atoms with Gasteiger partial charge in [0.15, 0.2) is 11.5 Å². The summed E-state index contributed by atoms with van der Waals surface area (Å²) in [7, 11) is 4.54. The summed E-state index contributed by atoms with van der Waals surface area (Å²) in [6.45, 7) is 2.00. The van der Waals surface area contributed by atoms with Gasteiger partial charge in [-0.15, -0.1) is 0 Å². The molecule has 1 N–H and O–H groups in total. The lowest BCUT2D eigenvalue weighted by Gasteiger charge is -2.15. The second-order valence-corrected chi connectivity index (χ2v) is 6.86. The Morgan fingerprint density at radius 1 is 0.862 bits per heavy atom. The summed E-state index contributed by atoms with van der Waals surface area (Å²) in [4.78, 5) is 13.0. The van der Waals surface area contributed by atoms with Gasteiger partial charge in [-0.2, -0.15) is 0 Å². The topological polar surface area (TPSA) is 56.8 Å². The van der Waals surface area contributed by atoms with Gasteiger partial charge < -0.3 is 19.5 Å². The van der Waals surface area contributed by atoms with Crippen LogP contribution in [0, 0.1) is 6.92 Å². The van der Waals surface area contributed by atoms with Crippen molar-refractivity contribution in [3.05, 3.63) is 70.7 Å². The maximum absolute atomic E-state index is 13.0. The van der Waals surface area contributed by atoms with Gasteiger partial charge >= 0.3 is 0 Å². The number of benzene rings is 3. The van der Waals surface area contributed by atoms with E-state index in [0.717, 1.165) is 16.7 Å². The number of nitrogens with one attached hydrogen (secondary N) is 1. The van der Waals surface area contributed by atoms with Crippen molar-refractivity contribution in [2.45, 2.75) is 6.92 Å². The average molecular weight is 412 g/mol. The molecule has 0 aromatic heterocycles. The highest BCUT2D eigenvalue weighted by atomic mass is 35.5. The summed E-state index contributed by atoms with van der Waals surface area (Å²) in [6.07, 6.45) is 0. The zero-order valence-electron chi connectivity index (χ0n) is 16.7. The van der Waals surface area contributed by atoms with Crippen LogP contribution in [0.25, 0.3) is 11.1 Å². The Hall–Kier alpha value is -3.18. The molecule has 0 saturated heterocycles. The van der Waals surface area contributed by atoms with Gasteiger partial charge in [-0.1, -0.05) is 35.4 Å². The van der Waals surface area contributed by atoms with Gasteiger partial charge in [-0.3, -0.25) is 4.79 Å². The van der Waals surface area contributed by atoms with Crippen LogP contribution in [0.4, 0.5) is 5.69 Å². The van der Waals surface area contributed by atoms with Crippen LogP contribution in [0.15, 0.2) is 54.6 Å². The van der Waals surface area contributed by atoms with Crippen molar-refractivity contribution in [2.75, 3.05) is 26.6 Å². The van der Waals surface area contributed by atoms with Gasteiger partial charge in [-0.05, 0) is 48.9 Å². The van der Waals surface area contributed by atoms with Gasteiger partial charge in [0.05, 0.1) is 21.3 Å². The number of carbonyl (C=O) groups excluding carboxylic acids is 1. The summed E-state index contributed by atoms with van der Waals surface area (Å²) in [5.74, 6) is 0.977. The Morgan fingerprint density at radius 3 is 2.03 bits per heavy atom. The van der Waals surface area contributed by atoms with Gasteiger partial charge in [0.2, 0.25) is 5.75 Å². The molecule has 29 heavy (non-hydrogen) atoms. The molecule has 3 rings (SSSR count).